The summed E-state index contributed by atoms with van der Waals surface area (Å²) in [5.74, 6) is 1.72. The van der Waals surface area contributed by atoms with Crippen molar-refractivity contribution in [3.63, 3.8) is 0 Å². The van der Waals surface area contributed by atoms with Crippen molar-refractivity contribution in [3.05, 3.63) is 29.8 Å². The first kappa shape index (κ1) is 11.2. The van der Waals surface area contributed by atoms with Crippen LogP contribution in [0.25, 0.3) is 0 Å². The van der Waals surface area contributed by atoms with Gasteiger partial charge in [-0.15, -0.1) is 0 Å². The van der Waals surface area contributed by atoms with Crippen molar-refractivity contribution >= 4 is 10.8 Å². The molecule has 4 heteroatoms. The Kier molecular flexibility index (Phi) is 2.92. The van der Waals surface area contributed by atoms with Gasteiger partial charge in [0.25, 0.3) is 0 Å². The molecule has 0 bridgehead atoms. The highest BCUT2D eigenvalue weighted by molar-refractivity contribution is 7.85. The van der Waals surface area contributed by atoms with E-state index in [9.17, 15) is 4.21 Å². The van der Waals surface area contributed by atoms with E-state index in [0.717, 1.165) is 23.5 Å². The van der Waals surface area contributed by atoms with Gasteiger partial charge >= 0.3 is 0 Å². The van der Waals surface area contributed by atoms with Crippen molar-refractivity contribution in [1.82, 2.24) is 5.32 Å². The zero-order chi connectivity index (χ0) is 11.8. The highest BCUT2D eigenvalue weighted by atomic mass is 32.2. The lowest BCUT2D eigenvalue weighted by Crippen LogP contribution is -2.42. The normalized spacial score (nSPS) is 36.3. The summed E-state index contributed by atoms with van der Waals surface area (Å²) in [6.45, 7) is 2.73. The summed E-state index contributed by atoms with van der Waals surface area (Å²) < 4.78 is 17.9. The van der Waals surface area contributed by atoms with Crippen molar-refractivity contribution in [2.45, 2.75) is 30.7 Å². The van der Waals surface area contributed by atoms with Crippen molar-refractivity contribution in [1.29, 1.82) is 0 Å². The van der Waals surface area contributed by atoms with Crippen LogP contribution >= 0.6 is 0 Å². The summed E-state index contributed by atoms with van der Waals surface area (Å²) in [5, 5.41) is 3.69. The predicted molar refractivity (Wildman–Crippen MR) is 68.7 cm³/mol. The molecule has 1 aromatic rings. The smallest absolute Gasteiger partial charge is 0.124 e. The number of hydrogen-bond acceptors (Lipinski definition) is 3. The molecule has 0 saturated carbocycles. The minimum Gasteiger partial charge on any atom is -0.492 e. The second kappa shape index (κ2) is 4.42. The van der Waals surface area contributed by atoms with Gasteiger partial charge in [-0.25, -0.2) is 0 Å². The Labute approximate surface area is 104 Å². The first-order chi connectivity index (χ1) is 8.25. The van der Waals surface area contributed by atoms with Crippen molar-refractivity contribution in [3.8, 4) is 5.75 Å². The number of para-hydroxylation sites is 1. The maximum Gasteiger partial charge on any atom is 0.124 e. The molecule has 0 spiro atoms. The molecule has 2 heterocycles. The number of benzene rings is 1. The number of rotatable bonds is 0. The fourth-order valence-corrected chi connectivity index (χ4v) is 4.23. The number of fused-ring (bicyclic) bond motifs is 3. The summed E-state index contributed by atoms with van der Waals surface area (Å²) in [7, 11) is -0.790. The minimum absolute atomic E-state index is 0.0925. The summed E-state index contributed by atoms with van der Waals surface area (Å²) in [4.78, 5) is 0. The molecule has 17 heavy (non-hydrogen) atoms. The van der Waals surface area contributed by atoms with E-state index in [1.165, 1.54) is 0 Å². The third-order valence-electron chi connectivity index (χ3n) is 3.58. The fourth-order valence-electron chi connectivity index (χ4n) is 2.60. The molecular formula is C13H17NO2S. The van der Waals surface area contributed by atoms with Gasteiger partial charge in [-0.2, -0.15) is 0 Å². The Hall–Kier alpha value is -0.870. The molecule has 3 nitrogen and oxygen atoms in total. The van der Waals surface area contributed by atoms with Crippen LogP contribution < -0.4 is 10.1 Å². The Morgan fingerprint density at radius 2 is 2.24 bits per heavy atom. The lowest BCUT2D eigenvalue weighted by atomic mass is 9.99. The molecule has 2 aliphatic heterocycles. The lowest BCUT2D eigenvalue weighted by molar-refractivity contribution is 0.253. The van der Waals surface area contributed by atoms with Crippen LogP contribution in [0.1, 0.15) is 24.9 Å². The summed E-state index contributed by atoms with van der Waals surface area (Å²) >= 11 is 0. The SMILES string of the molecule is CC1CCS(=O)C2COc3ccccc3C2N1. The van der Waals surface area contributed by atoms with E-state index in [-0.39, 0.29) is 11.3 Å². The average Bonchev–Trinajstić information content (AvgIpc) is 2.50. The first-order valence-electron chi connectivity index (χ1n) is 6.10. The zero-order valence-corrected chi connectivity index (χ0v) is 10.7. The molecule has 4 unspecified atom stereocenters. The highest BCUT2D eigenvalue weighted by Crippen LogP contribution is 2.35. The van der Waals surface area contributed by atoms with Crippen LogP contribution in [-0.2, 0) is 10.8 Å². The Balaban J connectivity index is 2.01. The number of nitrogens with one attached hydrogen (secondary N) is 1. The van der Waals surface area contributed by atoms with E-state index in [4.69, 9.17) is 4.74 Å². The third kappa shape index (κ3) is 2.00. The van der Waals surface area contributed by atoms with E-state index in [1.54, 1.807) is 0 Å². The van der Waals surface area contributed by atoms with Gasteiger partial charge in [0.1, 0.15) is 12.4 Å². The van der Waals surface area contributed by atoms with Gasteiger partial charge < -0.3 is 10.1 Å². The highest BCUT2D eigenvalue weighted by Gasteiger charge is 2.37. The molecule has 1 saturated heterocycles. The monoisotopic (exact) mass is 251 g/mol. The fraction of sp³-hybridized carbons (Fsp3) is 0.538. The van der Waals surface area contributed by atoms with Gasteiger partial charge in [0.05, 0.1) is 11.3 Å². The van der Waals surface area contributed by atoms with Crippen molar-refractivity contribution in [2.24, 2.45) is 0 Å². The molecule has 0 radical (unpaired) electrons. The maximum atomic E-state index is 12.2. The predicted octanol–water partition coefficient (Wildman–Crippen LogP) is 1.62. The molecule has 0 aliphatic carbocycles. The van der Waals surface area contributed by atoms with E-state index >= 15 is 0 Å². The Morgan fingerprint density at radius 1 is 1.41 bits per heavy atom. The second-order valence-corrected chi connectivity index (χ2v) is 6.58. The van der Waals surface area contributed by atoms with Crippen LogP contribution in [0.3, 0.4) is 0 Å². The summed E-state index contributed by atoms with van der Waals surface area (Å²) in [5.41, 5.74) is 1.16. The van der Waals surface area contributed by atoms with Crippen LogP contribution in [0, 0.1) is 0 Å². The molecule has 92 valence electrons. The Bertz CT molecular complexity index is 449. The van der Waals surface area contributed by atoms with E-state index in [2.05, 4.69) is 18.3 Å². The molecular weight excluding hydrogens is 234 g/mol. The molecule has 1 N–H and O–H groups in total. The van der Waals surface area contributed by atoms with Gasteiger partial charge in [0.15, 0.2) is 0 Å². The van der Waals surface area contributed by atoms with Crippen LogP contribution in [-0.4, -0.2) is 27.9 Å². The standard InChI is InChI=1S/C13H17NO2S/c1-9-6-7-17(15)12-8-16-11-5-3-2-4-10(11)13(12)14-9/h2-5,9,12-14H,6-8H2,1H3. The molecule has 1 aromatic carbocycles. The van der Waals surface area contributed by atoms with Crippen LogP contribution in [0.2, 0.25) is 0 Å². The molecule has 3 rings (SSSR count). The molecule has 1 fully saturated rings. The van der Waals surface area contributed by atoms with Crippen LogP contribution in [0.5, 0.6) is 5.75 Å². The molecule has 0 aromatic heterocycles. The van der Waals surface area contributed by atoms with E-state index in [1.807, 2.05) is 18.2 Å². The van der Waals surface area contributed by atoms with E-state index < -0.39 is 10.8 Å². The van der Waals surface area contributed by atoms with Gasteiger partial charge in [0, 0.05) is 28.2 Å². The van der Waals surface area contributed by atoms with Gasteiger partial charge in [-0.05, 0) is 19.4 Å². The second-order valence-electron chi connectivity index (χ2n) is 4.81. The van der Waals surface area contributed by atoms with Crippen LogP contribution in [0.4, 0.5) is 0 Å². The topological polar surface area (TPSA) is 38.3 Å². The lowest BCUT2D eigenvalue weighted by Gasteiger charge is -2.32. The van der Waals surface area contributed by atoms with Gasteiger partial charge in [-0.3, -0.25) is 4.21 Å². The number of ether oxygens (including phenoxy) is 1. The molecule has 0 amide bonds. The summed E-state index contributed by atoms with van der Waals surface area (Å²) in [6, 6.07) is 8.67. The maximum absolute atomic E-state index is 12.2. The Morgan fingerprint density at radius 3 is 3.12 bits per heavy atom. The average molecular weight is 251 g/mol. The van der Waals surface area contributed by atoms with Crippen LogP contribution in [0.15, 0.2) is 24.3 Å². The quantitative estimate of drug-likeness (QED) is 0.761. The zero-order valence-electron chi connectivity index (χ0n) is 9.89. The van der Waals surface area contributed by atoms with Gasteiger partial charge in [-0.1, -0.05) is 18.2 Å². The molecule has 2 aliphatic rings. The minimum atomic E-state index is -0.790. The van der Waals surface area contributed by atoms with Crippen molar-refractivity contribution < 1.29 is 8.95 Å². The summed E-state index contributed by atoms with van der Waals surface area (Å²) in [6.07, 6.45) is 0.974. The number of hydrogen-bond donors (Lipinski definition) is 1. The van der Waals surface area contributed by atoms with E-state index in [0.29, 0.717) is 12.6 Å². The van der Waals surface area contributed by atoms with Gasteiger partial charge in [0.2, 0.25) is 0 Å². The molecule has 4 atom stereocenters. The third-order valence-corrected chi connectivity index (χ3v) is 5.30. The first-order valence-corrected chi connectivity index (χ1v) is 7.49. The largest absolute Gasteiger partial charge is 0.492 e. The van der Waals surface area contributed by atoms with Crippen molar-refractivity contribution in [2.75, 3.05) is 12.4 Å².